The molecule has 0 spiro atoms. The third-order valence-corrected chi connectivity index (χ3v) is 2.82. The minimum Gasteiger partial charge on any atom is -0.308 e. The van der Waals surface area contributed by atoms with E-state index in [1.165, 1.54) is 19.6 Å². The number of rotatable bonds is 3. The van der Waals surface area contributed by atoms with Gasteiger partial charge in [0.05, 0.1) is 0 Å². The molecule has 0 radical (unpaired) electrons. The molecule has 12 heavy (non-hydrogen) atoms. The van der Waals surface area contributed by atoms with Crippen molar-refractivity contribution in [2.24, 2.45) is 0 Å². The van der Waals surface area contributed by atoms with E-state index in [9.17, 15) is 0 Å². The van der Waals surface area contributed by atoms with E-state index in [0.29, 0.717) is 5.38 Å². The quantitative estimate of drug-likeness (QED) is 0.619. The van der Waals surface area contributed by atoms with Crippen LogP contribution in [0.15, 0.2) is 0 Å². The SMILES string of the molecule is CN(C)CCN1CCC(Cl)CC1. The first-order valence-electron chi connectivity index (χ1n) is 4.69. The van der Waals surface area contributed by atoms with Crippen LogP contribution in [0.4, 0.5) is 0 Å². The Balaban J connectivity index is 2.09. The van der Waals surface area contributed by atoms with Crippen LogP contribution >= 0.6 is 11.6 Å². The molecule has 0 unspecified atom stereocenters. The Labute approximate surface area is 80.5 Å². The van der Waals surface area contributed by atoms with Crippen molar-refractivity contribution in [2.75, 3.05) is 40.3 Å². The van der Waals surface area contributed by atoms with Crippen LogP contribution in [0.25, 0.3) is 0 Å². The van der Waals surface area contributed by atoms with E-state index in [-0.39, 0.29) is 0 Å². The van der Waals surface area contributed by atoms with Crippen molar-refractivity contribution in [1.82, 2.24) is 9.80 Å². The third-order valence-electron chi connectivity index (χ3n) is 2.38. The van der Waals surface area contributed by atoms with Crippen LogP contribution in [-0.4, -0.2) is 55.5 Å². The Kier molecular flexibility index (Phi) is 4.33. The zero-order valence-electron chi connectivity index (χ0n) is 8.09. The van der Waals surface area contributed by atoms with Crippen molar-refractivity contribution >= 4 is 11.6 Å². The van der Waals surface area contributed by atoms with Crippen LogP contribution in [0, 0.1) is 0 Å². The van der Waals surface area contributed by atoms with E-state index in [0.717, 1.165) is 19.4 Å². The summed E-state index contributed by atoms with van der Waals surface area (Å²) in [5, 5.41) is 0.431. The second-order valence-corrected chi connectivity index (χ2v) is 4.44. The number of hydrogen-bond donors (Lipinski definition) is 0. The van der Waals surface area contributed by atoms with Gasteiger partial charge in [-0.2, -0.15) is 0 Å². The highest BCUT2D eigenvalue weighted by Gasteiger charge is 2.16. The van der Waals surface area contributed by atoms with E-state index < -0.39 is 0 Å². The lowest BCUT2D eigenvalue weighted by molar-refractivity contribution is 0.209. The average Bonchev–Trinajstić information content (AvgIpc) is 2.03. The second kappa shape index (κ2) is 5.05. The molecule has 0 atom stereocenters. The topological polar surface area (TPSA) is 6.48 Å². The van der Waals surface area contributed by atoms with Crippen molar-refractivity contribution in [3.8, 4) is 0 Å². The standard InChI is InChI=1S/C9H19ClN2/c1-11(2)7-8-12-5-3-9(10)4-6-12/h9H,3-8H2,1-2H3. The lowest BCUT2D eigenvalue weighted by Gasteiger charge is -2.29. The molecule has 0 aromatic heterocycles. The molecule has 3 heteroatoms. The Bertz CT molecular complexity index is 120. The fraction of sp³-hybridized carbons (Fsp3) is 1.00. The first-order valence-corrected chi connectivity index (χ1v) is 5.13. The van der Waals surface area contributed by atoms with Gasteiger partial charge in [-0.25, -0.2) is 0 Å². The first-order chi connectivity index (χ1) is 5.68. The van der Waals surface area contributed by atoms with Crippen molar-refractivity contribution in [3.63, 3.8) is 0 Å². The predicted octanol–water partition coefficient (Wildman–Crippen LogP) is 1.25. The zero-order chi connectivity index (χ0) is 8.97. The van der Waals surface area contributed by atoms with Gasteiger partial charge in [-0.05, 0) is 40.0 Å². The van der Waals surface area contributed by atoms with Crippen molar-refractivity contribution in [1.29, 1.82) is 0 Å². The van der Waals surface area contributed by atoms with Crippen LogP contribution in [-0.2, 0) is 0 Å². The zero-order valence-corrected chi connectivity index (χ0v) is 8.85. The molecule has 0 amide bonds. The van der Waals surface area contributed by atoms with Crippen molar-refractivity contribution in [2.45, 2.75) is 18.2 Å². The normalized spacial score (nSPS) is 22.0. The lowest BCUT2D eigenvalue weighted by atomic mass is 10.1. The molecule has 0 saturated carbocycles. The second-order valence-electron chi connectivity index (χ2n) is 3.82. The molecule has 72 valence electrons. The monoisotopic (exact) mass is 190 g/mol. The minimum absolute atomic E-state index is 0.431. The smallest absolute Gasteiger partial charge is 0.0360 e. The van der Waals surface area contributed by atoms with Crippen molar-refractivity contribution < 1.29 is 0 Å². The summed E-state index contributed by atoms with van der Waals surface area (Å²) in [5.41, 5.74) is 0. The highest BCUT2D eigenvalue weighted by Crippen LogP contribution is 2.14. The number of likely N-dealkylation sites (N-methyl/N-ethyl adjacent to an activating group) is 1. The Morgan fingerprint density at radius 2 is 1.92 bits per heavy atom. The molecule has 1 saturated heterocycles. The molecule has 0 N–H and O–H groups in total. The van der Waals surface area contributed by atoms with Gasteiger partial charge in [0.2, 0.25) is 0 Å². The van der Waals surface area contributed by atoms with E-state index in [4.69, 9.17) is 11.6 Å². The Hall–Kier alpha value is 0.210. The predicted molar refractivity (Wildman–Crippen MR) is 53.9 cm³/mol. The van der Waals surface area contributed by atoms with Crippen LogP contribution in [0.2, 0.25) is 0 Å². The Morgan fingerprint density at radius 3 is 2.42 bits per heavy atom. The molecular formula is C9H19ClN2. The first kappa shape index (κ1) is 10.3. The number of likely N-dealkylation sites (tertiary alicyclic amines) is 1. The van der Waals surface area contributed by atoms with Crippen LogP contribution < -0.4 is 0 Å². The average molecular weight is 191 g/mol. The van der Waals surface area contributed by atoms with Crippen LogP contribution in [0.1, 0.15) is 12.8 Å². The summed E-state index contributed by atoms with van der Waals surface area (Å²) >= 11 is 6.01. The number of nitrogens with zero attached hydrogens (tertiary/aromatic N) is 2. The summed E-state index contributed by atoms with van der Waals surface area (Å²) in [7, 11) is 4.24. The molecule has 0 aliphatic carbocycles. The van der Waals surface area contributed by atoms with Gasteiger partial charge >= 0.3 is 0 Å². The maximum Gasteiger partial charge on any atom is 0.0360 e. The largest absolute Gasteiger partial charge is 0.308 e. The summed E-state index contributed by atoms with van der Waals surface area (Å²) in [5.74, 6) is 0. The summed E-state index contributed by atoms with van der Waals surface area (Å²) in [6.45, 7) is 4.72. The maximum absolute atomic E-state index is 6.01. The van der Waals surface area contributed by atoms with E-state index in [1.807, 2.05) is 0 Å². The molecule has 1 aliphatic rings. The number of alkyl halides is 1. The number of halogens is 1. The van der Waals surface area contributed by atoms with Gasteiger partial charge in [0.25, 0.3) is 0 Å². The minimum atomic E-state index is 0.431. The fourth-order valence-electron chi connectivity index (χ4n) is 1.47. The molecule has 1 fully saturated rings. The van der Waals surface area contributed by atoms with E-state index in [1.54, 1.807) is 0 Å². The molecule has 1 aliphatic heterocycles. The van der Waals surface area contributed by atoms with Gasteiger partial charge in [-0.15, -0.1) is 11.6 Å². The summed E-state index contributed by atoms with van der Waals surface area (Å²) in [6.07, 6.45) is 2.32. The van der Waals surface area contributed by atoms with Gasteiger partial charge in [0.15, 0.2) is 0 Å². The van der Waals surface area contributed by atoms with Gasteiger partial charge in [0, 0.05) is 18.5 Å². The van der Waals surface area contributed by atoms with Gasteiger partial charge in [-0.3, -0.25) is 0 Å². The van der Waals surface area contributed by atoms with Gasteiger partial charge in [0.1, 0.15) is 0 Å². The van der Waals surface area contributed by atoms with E-state index >= 15 is 0 Å². The summed E-state index contributed by atoms with van der Waals surface area (Å²) in [4.78, 5) is 4.73. The van der Waals surface area contributed by atoms with Gasteiger partial charge in [-0.1, -0.05) is 0 Å². The highest BCUT2D eigenvalue weighted by molar-refractivity contribution is 6.20. The number of piperidine rings is 1. The molecule has 0 aromatic rings. The number of hydrogen-bond acceptors (Lipinski definition) is 2. The summed E-state index contributed by atoms with van der Waals surface area (Å²) in [6, 6.07) is 0. The van der Waals surface area contributed by atoms with Crippen LogP contribution in [0.5, 0.6) is 0 Å². The maximum atomic E-state index is 6.01. The third kappa shape index (κ3) is 3.74. The molecule has 0 bridgehead atoms. The van der Waals surface area contributed by atoms with Gasteiger partial charge < -0.3 is 9.80 Å². The molecule has 0 aromatic carbocycles. The van der Waals surface area contributed by atoms with E-state index in [2.05, 4.69) is 23.9 Å². The fourth-order valence-corrected chi connectivity index (χ4v) is 1.66. The molecule has 1 rings (SSSR count). The van der Waals surface area contributed by atoms with Crippen molar-refractivity contribution in [3.05, 3.63) is 0 Å². The highest BCUT2D eigenvalue weighted by atomic mass is 35.5. The molecule has 2 nitrogen and oxygen atoms in total. The lowest BCUT2D eigenvalue weighted by Crippen LogP contribution is -2.38. The molecular weight excluding hydrogens is 172 g/mol. The summed E-state index contributed by atoms with van der Waals surface area (Å²) < 4.78 is 0. The molecule has 1 heterocycles. The van der Waals surface area contributed by atoms with Crippen LogP contribution in [0.3, 0.4) is 0 Å². The Morgan fingerprint density at radius 1 is 1.33 bits per heavy atom.